The van der Waals surface area contributed by atoms with Gasteiger partial charge in [-0.05, 0) is 48.7 Å². The minimum atomic E-state index is -0.444. The summed E-state index contributed by atoms with van der Waals surface area (Å²) in [5.41, 5.74) is 1.33. The second-order valence-corrected chi connectivity index (χ2v) is 8.52. The number of hydrogen-bond acceptors (Lipinski definition) is 6. The van der Waals surface area contributed by atoms with Crippen LogP contribution < -0.4 is 14.8 Å². The van der Waals surface area contributed by atoms with Gasteiger partial charge in [-0.3, -0.25) is 14.2 Å². The Morgan fingerprint density at radius 2 is 1.73 bits per heavy atom. The summed E-state index contributed by atoms with van der Waals surface area (Å²) in [7, 11) is 1.31. The van der Waals surface area contributed by atoms with Gasteiger partial charge in [-0.25, -0.2) is 4.79 Å². The van der Waals surface area contributed by atoms with E-state index >= 15 is 0 Å². The molecule has 0 unspecified atom stereocenters. The van der Waals surface area contributed by atoms with Crippen molar-refractivity contribution in [2.75, 3.05) is 20.2 Å². The third-order valence-electron chi connectivity index (χ3n) is 5.40. The quantitative estimate of drug-likeness (QED) is 0.555. The van der Waals surface area contributed by atoms with Gasteiger partial charge < -0.3 is 9.64 Å². The lowest BCUT2D eigenvalue weighted by Crippen LogP contribution is -2.35. The van der Waals surface area contributed by atoms with Crippen LogP contribution in [0.2, 0.25) is 0 Å². The van der Waals surface area contributed by atoms with Gasteiger partial charge >= 0.3 is 5.97 Å². The molecule has 1 aliphatic rings. The first-order valence-corrected chi connectivity index (χ1v) is 11.3. The normalized spacial score (nSPS) is 14.7. The Labute approximate surface area is 194 Å². The van der Waals surface area contributed by atoms with Crippen molar-refractivity contribution < 1.29 is 14.3 Å². The maximum atomic E-state index is 13.4. The number of rotatable bonds is 4. The number of benzene rings is 2. The number of ether oxygens (including phenoxy) is 1. The van der Waals surface area contributed by atoms with Gasteiger partial charge in [-0.1, -0.05) is 30.3 Å². The summed E-state index contributed by atoms with van der Waals surface area (Å²) in [6.07, 6.45) is 3.49. The van der Waals surface area contributed by atoms with Crippen LogP contribution in [-0.2, 0) is 9.53 Å². The lowest BCUT2D eigenvalue weighted by atomic mass is 10.1. The zero-order chi connectivity index (χ0) is 23.4. The van der Waals surface area contributed by atoms with Crippen molar-refractivity contribution in [3.8, 4) is 11.8 Å². The predicted molar refractivity (Wildman–Crippen MR) is 125 cm³/mol. The maximum absolute atomic E-state index is 13.4. The Morgan fingerprint density at radius 3 is 2.33 bits per heavy atom. The number of thiazole rings is 1. The fourth-order valence-electron chi connectivity index (χ4n) is 3.71. The highest BCUT2D eigenvalue weighted by atomic mass is 32.1. The average Bonchev–Trinajstić information content (AvgIpc) is 3.49. The van der Waals surface area contributed by atoms with Gasteiger partial charge in [0.05, 0.1) is 22.9 Å². The Hall–Kier alpha value is -3.96. The Kier molecular flexibility index (Phi) is 6.52. The number of methoxy groups -OCH3 is 1. The van der Waals surface area contributed by atoms with Gasteiger partial charge in [0.25, 0.3) is 11.5 Å². The van der Waals surface area contributed by atoms with Crippen molar-refractivity contribution >= 4 is 34.9 Å². The summed E-state index contributed by atoms with van der Waals surface area (Å²) >= 11 is 1.11. The Bertz CT molecular complexity index is 1410. The van der Waals surface area contributed by atoms with Crippen molar-refractivity contribution in [3.63, 3.8) is 0 Å². The molecular weight excluding hydrogens is 438 g/mol. The number of nitrogens with zero attached hydrogens (tertiary/aromatic N) is 3. The molecule has 0 spiro atoms. The third-order valence-corrected chi connectivity index (χ3v) is 6.49. The Balaban J connectivity index is 1.92. The van der Waals surface area contributed by atoms with E-state index in [9.17, 15) is 19.6 Å². The fraction of sp³-hybridized carbons (Fsp3) is 0.200. The summed E-state index contributed by atoms with van der Waals surface area (Å²) in [5, 5.41) is 9.88. The van der Waals surface area contributed by atoms with Crippen LogP contribution in [-0.4, -0.2) is 41.5 Å². The number of hydrogen-bond donors (Lipinski definition) is 0. The molecule has 1 amide bonds. The first-order valence-electron chi connectivity index (χ1n) is 10.4. The van der Waals surface area contributed by atoms with Crippen molar-refractivity contribution in [1.29, 1.82) is 5.26 Å². The minimum absolute atomic E-state index is 0.0384. The molecule has 0 N–H and O–H groups in total. The second kappa shape index (κ2) is 9.67. The SMILES string of the molecule is COC(=O)c1ccc(C=c2sc(=C(C#N)C(=O)N3CCCC3)n(-c3ccccc3)c2=O)cc1. The molecule has 4 rings (SSSR count). The largest absolute Gasteiger partial charge is 0.465 e. The summed E-state index contributed by atoms with van der Waals surface area (Å²) in [5.74, 6) is -0.796. The van der Waals surface area contributed by atoms with E-state index in [0.29, 0.717) is 39.1 Å². The summed E-state index contributed by atoms with van der Waals surface area (Å²) in [6.45, 7) is 1.22. The molecule has 2 heterocycles. The molecule has 3 aromatic rings. The van der Waals surface area contributed by atoms with Gasteiger partial charge in [-0.15, -0.1) is 11.3 Å². The van der Waals surface area contributed by atoms with E-state index in [4.69, 9.17) is 4.74 Å². The molecule has 2 aromatic carbocycles. The van der Waals surface area contributed by atoms with E-state index in [1.54, 1.807) is 59.5 Å². The molecule has 0 radical (unpaired) electrons. The van der Waals surface area contributed by atoms with Crippen LogP contribution in [0.1, 0.15) is 28.8 Å². The number of nitriles is 1. The standard InChI is InChI=1S/C25H21N3O4S/c1-32-25(31)18-11-9-17(10-12-18)15-21-23(30)28(19-7-3-2-4-8-19)24(33-21)20(16-26)22(29)27-13-5-6-14-27/h2-4,7-12,15H,5-6,13-14H2,1H3. The number of esters is 1. The number of aromatic nitrogens is 1. The first kappa shape index (κ1) is 22.2. The number of amides is 1. The second-order valence-electron chi connectivity index (χ2n) is 7.49. The molecule has 0 saturated carbocycles. The molecule has 1 aromatic heterocycles. The van der Waals surface area contributed by atoms with Crippen LogP contribution in [0.4, 0.5) is 0 Å². The molecule has 1 aliphatic heterocycles. The highest BCUT2D eigenvalue weighted by molar-refractivity contribution is 7.07. The lowest BCUT2D eigenvalue weighted by molar-refractivity contribution is -0.123. The summed E-state index contributed by atoms with van der Waals surface area (Å²) in [6, 6.07) is 17.7. The molecular formula is C25H21N3O4S. The van der Waals surface area contributed by atoms with Crippen LogP contribution in [0, 0.1) is 11.3 Å². The Morgan fingerprint density at radius 1 is 1.06 bits per heavy atom. The monoisotopic (exact) mass is 459 g/mol. The third kappa shape index (κ3) is 4.49. The van der Waals surface area contributed by atoms with Crippen LogP contribution in [0.25, 0.3) is 17.3 Å². The number of carbonyl (C=O) groups is 2. The van der Waals surface area contributed by atoms with Crippen LogP contribution >= 0.6 is 11.3 Å². The smallest absolute Gasteiger partial charge is 0.337 e. The zero-order valence-electron chi connectivity index (χ0n) is 18.0. The lowest BCUT2D eigenvalue weighted by Gasteiger charge is -2.14. The van der Waals surface area contributed by atoms with Gasteiger partial charge in [-0.2, -0.15) is 5.26 Å². The fourth-order valence-corrected chi connectivity index (χ4v) is 4.81. The van der Waals surface area contributed by atoms with Gasteiger partial charge in [0.1, 0.15) is 10.7 Å². The molecule has 7 nitrogen and oxygen atoms in total. The summed E-state index contributed by atoms with van der Waals surface area (Å²) < 4.78 is 6.82. The molecule has 0 bridgehead atoms. The van der Waals surface area contributed by atoms with Crippen molar-refractivity contribution in [1.82, 2.24) is 9.47 Å². The molecule has 0 aliphatic carbocycles. The van der Waals surface area contributed by atoms with E-state index in [-0.39, 0.29) is 17.0 Å². The van der Waals surface area contributed by atoms with Crippen molar-refractivity contribution in [2.24, 2.45) is 0 Å². The highest BCUT2D eigenvalue weighted by Crippen LogP contribution is 2.12. The van der Waals surface area contributed by atoms with E-state index < -0.39 is 5.97 Å². The molecule has 0 atom stereocenters. The van der Waals surface area contributed by atoms with Gasteiger partial charge in [0, 0.05) is 13.1 Å². The van der Waals surface area contributed by atoms with Crippen molar-refractivity contribution in [2.45, 2.75) is 12.8 Å². The average molecular weight is 460 g/mol. The van der Waals surface area contributed by atoms with Gasteiger partial charge in [0.15, 0.2) is 5.57 Å². The molecule has 1 fully saturated rings. The first-order chi connectivity index (χ1) is 16.0. The number of likely N-dealkylation sites (tertiary alicyclic amines) is 1. The highest BCUT2D eigenvalue weighted by Gasteiger charge is 2.24. The summed E-state index contributed by atoms with van der Waals surface area (Å²) in [4.78, 5) is 39.8. The van der Waals surface area contributed by atoms with E-state index in [1.165, 1.54) is 11.7 Å². The van der Waals surface area contributed by atoms with Crippen LogP contribution in [0.5, 0.6) is 0 Å². The van der Waals surface area contributed by atoms with Crippen molar-refractivity contribution in [3.05, 3.63) is 85.3 Å². The molecule has 1 saturated heterocycles. The zero-order valence-corrected chi connectivity index (χ0v) is 18.8. The molecule has 166 valence electrons. The topological polar surface area (TPSA) is 92.4 Å². The van der Waals surface area contributed by atoms with E-state index in [1.807, 2.05) is 12.1 Å². The van der Waals surface area contributed by atoms with E-state index in [0.717, 1.165) is 24.2 Å². The van der Waals surface area contributed by atoms with Crippen LogP contribution in [0.3, 0.4) is 0 Å². The van der Waals surface area contributed by atoms with E-state index in [2.05, 4.69) is 0 Å². The number of carbonyl (C=O) groups excluding carboxylic acids is 2. The minimum Gasteiger partial charge on any atom is -0.465 e. The molecule has 8 heteroatoms. The molecule has 33 heavy (non-hydrogen) atoms. The predicted octanol–water partition coefficient (Wildman–Crippen LogP) is 1.81. The van der Waals surface area contributed by atoms with Crippen LogP contribution in [0.15, 0.2) is 59.4 Å². The maximum Gasteiger partial charge on any atom is 0.337 e. The number of para-hydroxylation sites is 1. The van der Waals surface area contributed by atoms with Gasteiger partial charge in [0.2, 0.25) is 0 Å².